The third-order valence-electron chi connectivity index (χ3n) is 6.65. The van der Waals surface area contributed by atoms with Crippen LogP contribution in [-0.4, -0.2) is 30.8 Å². The molecule has 0 aromatic heterocycles. The van der Waals surface area contributed by atoms with Crippen molar-refractivity contribution in [3.63, 3.8) is 0 Å². The number of nitrogens with zero attached hydrogens (tertiary/aromatic N) is 2. The highest BCUT2D eigenvalue weighted by atomic mass is 35.5. The highest BCUT2D eigenvalue weighted by molar-refractivity contribution is 6.34. The van der Waals surface area contributed by atoms with Crippen LogP contribution >= 0.6 is 11.6 Å². The molecule has 0 aliphatic heterocycles. The lowest BCUT2D eigenvalue weighted by Crippen LogP contribution is -2.37. The number of carbonyl (C=O) groups excluding carboxylic acids is 2. The smallest absolute Gasteiger partial charge is 0.257 e. The third kappa shape index (κ3) is 6.46. The van der Waals surface area contributed by atoms with Crippen LogP contribution in [0.2, 0.25) is 5.02 Å². The zero-order valence-electron chi connectivity index (χ0n) is 21.8. The number of carbonyl (C=O) groups is 2. The van der Waals surface area contributed by atoms with E-state index in [0.717, 1.165) is 29.7 Å². The summed E-state index contributed by atoms with van der Waals surface area (Å²) < 4.78 is 0. The number of rotatable bonds is 10. The zero-order chi connectivity index (χ0) is 26.2. The first kappa shape index (κ1) is 27.3. The molecule has 0 spiro atoms. The van der Waals surface area contributed by atoms with E-state index in [-0.39, 0.29) is 23.8 Å². The summed E-state index contributed by atoms with van der Waals surface area (Å²) in [7, 11) is 3.96. The number of nitrogens with one attached hydrogen (secondary N) is 1. The first-order chi connectivity index (χ1) is 17.3. The van der Waals surface area contributed by atoms with E-state index >= 15 is 0 Å². The average Bonchev–Trinajstić information content (AvgIpc) is 2.88. The van der Waals surface area contributed by atoms with Gasteiger partial charge in [0.05, 0.1) is 16.6 Å². The van der Waals surface area contributed by atoms with Crippen molar-refractivity contribution in [3.8, 4) is 0 Å². The number of hydrogen-bond donors (Lipinski definition) is 1. The molecular formula is C30H36ClN3O2. The molecule has 3 aromatic rings. The lowest BCUT2D eigenvalue weighted by molar-refractivity contribution is -0.138. The van der Waals surface area contributed by atoms with Crippen molar-refractivity contribution in [1.29, 1.82) is 0 Å². The summed E-state index contributed by atoms with van der Waals surface area (Å²) in [5.74, 6) is -0.166. The maximum Gasteiger partial charge on any atom is 0.257 e. The molecule has 0 unspecified atom stereocenters. The highest BCUT2D eigenvalue weighted by Crippen LogP contribution is 2.31. The van der Waals surface area contributed by atoms with Gasteiger partial charge in [0, 0.05) is 37.9 Å². The standard InChI is InChI=1S/C30H36ClN3O2/c1-6-22(7-2)30(36)34(21(3)23-13-9-8-10-14-23)20-24-19-25(17-18-28(24)33(4)5)32-29(35)26-15-11-12-16-27(26)31/h8-19,21-22H,6-7,20H2,1-5H3,(H,32,35)/t21-/m0/s1. The zero-order valence-corrected chi connectivity index (χ0v) is 22.5. The van der Waals surface area contributed by atoms with E-state index in [0.29, 0.717) is 22.8 Å². The van der Waals surface area contributed by atoms with E-state index in [4.69, 9.17) is 11.6 Å². The first-order valence-electron chi connectivity index (χ1n) is 12.5. The molecule has 0 aliphatic carbocycles. The topological polar surface area (TPSA) is 52.7 Å². The molecule has 0 saturated heterocycles. The molecule has 0 bridgehead atoms. The lowest BCUT2D eigenvalue weighted by Gasteiger charge is -2.34. The van der Waals surface area contributed by atoms with Gasteiger partial charge in [0.25, 0.3) is 5.91 Å². The quantitative estimate of drug-likeness (QED) is 0.317. The van der Waals surface area contributed by atoms with Crippen LogP contribution in [0, 0.1) is 5.92 Å². The van der Waals surface area contributed by atoms with Crippen LogP contribution < -0.4 is 10.2 Å². The van der Waals surface area contributed by atoms with Gasteiger partial charge >= 0.3 is 0 Å². The molecule has 3 aromatic carbocycles. The fraction of sp³-hybridized carbons (Fsp3) is 0.333. The van der Waals surface area contributed by atoms with Crippen LogP contribution in [0.4, 0.5) is 11.4 Å². The molecule has 0 radical (unpaired) electrons. The van der Waals surface area contributed by atoms with Gasteiger partial charge in [0.1, 0.15) is 0 Å². The summed E-state index contributed by atoms with van der Waals surface area (Å²) in [4.78, 5) is 30.6. The van der Waals surface area contributed by atoms with Gasteiger partial charge in [0.2, 0.25) is 5.91 Å². The Hall–Kier alpha value is -3.31. The largest absolute Gasteiger partial charge is 0.377 e. The molecule has 1 atom stereocenters. The van der Waals surface area contributed by atoms with Crippen LogP contribution in [0.3, 0.4) is 0 Å². The minimum atomic E-state index is -0.272. The lowest BCUT2D eigenvalue weighted by atomic mass is 9.98. The first-order valence-corrected chi connectivity index (χ1v) is 12.9. The van der Waals surface area contributed by atoms with Crippen molar-refractivity contribution in [2.75, 3.05) is 24.3 Å². The van der Waals surface area contributed by atoms with E-state index in [1.165, 1.54) is 0 Å². The van der Waals surface area contributed by atoms with Gasteiger partial charge in [-0.25, -0.2) is 0 Å². The number of anilines is 2. The maximum atomic E-state index is 13.7. The van der Waals surface area contributed by atoms with E-state index in [9.17, 15) is 9.59 Å². The molecule has 5 nitrogen and oxygen atoms in total. The van der Waals surface area contributed by atoms with Crippen molar-refractivity contribution in [3.05, 3.63) is 94.5 Å². The molecular weight excluding hydrogens is 470 g/mol. The minimum Gasteiger partial charge on any atom is -0.377 e. The van der Waals surface area contributed by atoms with Crippen molar-refractivity contribution in [1.82, 2.24) is 4.90 Å². The summed E-state index contributed by atoms with van der Waals surface area (Å²) in [6, 6.07) is 22.8. The second-order valence-corrected chi connectivity index (χ2v) is 9.65. The molecule has 36 heavy (non-hydrogen) atoms. The number of benzene rings is 3. The Balaban J connectivity index is 1.98. The van der Waals surface area contributed by atoms with E-state index < -0.39 is 0 Å². The van der Waals surface area contributed by atoms with Crippen LogP contribution in [0.25, 0.3) is 0 Å². The number of halogens is 1. The highest BCUT2D eigenvalue weighted by Gasteiger charge is 2.27. The molecule has 0 heterocycles. The maximum absolute atomic E-state index is 13.7. The Morgan fingerprint density at radius 1 is 0.917 bits per heavy atom. The monoisotopic (exact) mass is 505 g/mol. The Labute approximate surface area is 220 Å². The number of hydrogen-bond acceptors (Lipinski definition) is 3. The van der Waals surface area contributed by atoms with E-state index in [1.54, 1.807) is 24.3 Å². The summed E-state index contributed by atoms with van der Waals surface area (Å²) in [5, 5.41) is 3.37. The second kappa shape index (κ2) is 12.6. The molecule has 6 heteroatoms. The average molecular weight is 506 g/mol. The molecule has 2 amide bonds. The van der Waals surface area contributed by atoms with Crippen molar-refractivity contribution in [2.24, 2.45) is 5.92 Å². The predicted octanol–water partition coefficient (Wildman–Crippen LogP) is 7.18. The molecule has 1 N–H and O–H groups in total. The van der Waals surface area contributed by atoms with Gasteiger partial charge in [-0.2, -0.15) is 0 Å². The summed E-state index contributed by atoms with van der Waals surface area (Å²) in [6.07, 6.45) is 1.59. The van der Waals surface area contributed by atoms with Crippen LogP contribution in [-0.2, 0) is 11.3 Å². The fourth-order valence-electron chi connectivity index (χ4n) is 4.44. The van der Waals surface area contributed by atoms with E-state index in [2.05, 4.69) is 38.2 Å². The van der Waals surface area contributed by atoms with Gasteiger partial charge in [-0.15, -0.1) is 0 Å². The molecule has 3 rings (SSSR count). The van der Waals surface area contributed by atoms with Gasteiger partial charge in [-0.05, 0) is 61.2 Å². The van der Waals surface area contributed by atoms with Gasteiger partial charge in [-0.3, -0.25) is 9.59 Å². The number of amides is 2. The molecule has 0 aliphatic rings. The van der Waals surface area contributed by atoms with Crippen molar-refractivity contribution in [2.45, 2.75) is 46.2 Å². The SMILES string of the molecule is CCC(CC)C(=O)N(Cc1cc(NC(=O)c2ccccc2Cl)ccc1N(C)C)[C@@H](C)c1ccccc1. The Morgan fingerprint density at radius 2 is 1.56 bits per heavy atom. The molecule has 0 fully saturated rings. The van der Waals surface area contributed by atoms with Gasteiger partial charge in [-0.1, -0.05) is 67.9 Å². The van der Waals surface area contributed by atoms with Crippen LogP contribution in [0.1, 0.15) is 61.1 Å². The Morgan fingerprint density at radius 3 is 2.17 bits per heavy atom. The van der Waals surface area contributed by atoms with Gasteiger partial charge in [0.15, 0.2) is 0 Å². The van der Waals surface area contributed by atoms with E-state index in [1.807, 2.05) is 60.3 Å². The van der Waals surface area contributed by atoms with Crippen molar-refractivity contribution < 1.29 is 9.59 Å². The minimum absolute atomic E-state index is 0.0397. The summed E-state index contributed by atoms with van der Waals surface area (Å²) >= 11 is 6.23. The third-order valence-corrected chi connectivity index (χ3v) is 6.98. The predicted molar refractivity (Wildman–Crippen MR) is 150 cm³/mol. The molecule has 190 valence electrons. The van der Waals surface area contributed by atoms with Crippen LogP contribution in [0.15, 0.2) is 72.8 Å². The Kier molecular flexibility index (Phi) is 9.54. The normalized spacial score (nSPS) is 11.8. The summed E-state index contributed by atoms with van der Waals surface area (Å²) in [5.41, 5.74) is 4.11. The van der Waals surface area contributed by atoms with Crippen LogP contribution in [0.5, 0.6) is 0 Å². The Bertz CT molecular complexity index is 1180. The summed E-state index contributed by atoms with van der Waals surface area (Å²) in [6.45, 7) is 6.63. The van der Waals surface area contributed by atoms with Crippen molar-refractivity contribution >= 4 is 34.8 Å². The molecule has 0 saturated carbocycles. The fourth-order valence-corrected chi connectivity index (χ4v) is 4.66. The second-order valence-electron chi connectivity index (χ2n) is 9.24. The van der Waals surface area contributed by atoms with Gasteiger partial charge < -0.3 is 15.1 Å².